The summed E-state index contributed by atoms with van der Waals surface area (Å²) in [5.74, 6) is 0.203. The Kier molecular flexibility index (Phi) is 8.33. The van der Waals surface area contributed by atoms with Gasteiger partial charge in [0, 0.05) is 18.8 Å². The van der Waals surface area contributed by atoms with Crippen LogP contribution in [0.3, 0.4) is 0 Å². The van der Waals surface area contributed by atoms with Crippen molar-refractivity contribution in [3.63, 3.8) is 0 Å². The first-order chi connectivity index (χ1) is 9.08. The number of nitrogens with one attached hydrogen (secondary N) is 1. The molecule has 0 bridgehead atoms. The first kappa shape index (κ1) is 19.4. The normalized spacial score (nSPS) is 15.3. The lowest BCUT2D eigenvalue weighted by molar-refractivity contribution is 0.321. The van der Waals surface area contributed by atoms with Crippen LogP contribution in [0.25, 0.3) is 0 Å². The molecule has 1 N–H and O–H groups in total. The van der Waals surface area contributed by atoms with E-state index in [1.165, 1.54) is 6.26 Å². The average Bonchev–Trinajstić information content (AvgIpc) is 2.30. The van der Waals surface area contributed by atoms with E-state index in [4.69, 9.17) is 0 Å². The monoisotopic (exact) mass is 303 g/mol. The molecule has 0 spiro atoms. The van der Waals surface area contributed by atoms with Crippen LogP contribution in [-0.2, 0) is 9.84 Å². The minimum atomic E-state index is -2.89. The molecule has 1 atom stereocenters. The number of nitriles is 1. The molecule has 0 aliphatic rings. The van der Waals surface area contributed by atoms with E-state index in [0.717, 1.165) is 25.8 Å². The Bertz CT molecular complexity index is 415. The van der Waals surface area contributed by atoms with Crippen LogP contribution < -0.4 is 5.32 Å². The van der Waals surface area contributed by atoms with Gasteiger partial charge >= 0.3 is 0 Å². The third kappa shape index (κ3) is 10.2. The van der Waals surface area contributed by atoms with Gasteiger partial charge in [0.25, 0.3) is 0 Å². The summed E-state index contributed by atoms with van der Waals surface area (Å²) in [5.41, 5.74) is -0.473. The third-order valence-corrected chi connectivity index (χ3v) is 4.09. The quantitative estimate of drug-likeness (QED) is 0.618. The number of hydrogen-bond donors (Lipinski definition) is 1. The van der Waals surface area contributed by atoms with Gasteiger partial charge in [-0.25, -0.2) is 8.42 Å². The van der Waals surface area contributed by atoms with Crippen molar-refractivity contribution >= 4 is 9.84 Å². The van der Waals surface area contributed by atoms with Gasteiger partial charge in [-0.1, -0.05) is 0 Å². The Morgan fingerprint density at radius 1 is 1.30 bits per heavy atom. The molecule has 1 unspecified atom stereocenters. The van der Waals surface area contributed by atoms with Crippen LogP contribution in [0.4, 0.5) is 0 Å². The topological polar surface area (TPSA) is 73.2 Å². The van der Waals surface area contributed by atoms with Gasteiger partial charge in [0.1, 0.15) is 15.4 Å². The standard InChI is InChI=1S/C14H29N3O2S/c1-13(2)16-14(3,12-15)8-6-7-9-17(4)10-11-20(5,18)19/h13,16H,6-11H2,1-5H3. The maximum absolute atomic E-state index is 11.1. The van der Waals surface area contributed by atoms with E-state index < -0.39 is 15.4 Å². The lowest BCUT2D eigenvalue weighted by Gasteiger charge is -2.26. The maximum Gasteiger partial charge on any atom is 0.148 e. The highest BCUT2D eigenvalue weighted by atomic mass is 32.2. The van der Waals surface area contributed by atoms with Crippen LogP contribution in [0, 0.1) is 11.3 Å². The second kappa shape index (κ2) is 8.60. The van der Waals surface area contributed by atoms with Crippen LogP contribution in [-0.4, -0.2) is 57.0 Å². The van der Waals surface area contributed by atoms with Crippen molar-refractivity contribution in [3.05, 3.63) is 0 Å². The van der Waals surface area contributed by atoms with Crippen LogP contribution in [0.2, 0.25) is 0 Å². The molecule has 0 amide bonds. The van der Waals surface area contributed by atoms with Gasteiger partial charge in [0.05, 0.1) is 11.8 Å². The fourth-order valence-electron chi connectivity index (χ4n) is 2.09. The zero-order valence-corrected chi connectivity index (χ0v) is 14.3. The fraction of sp³-hybridized carbons (Fsp3) is 0.929. The van der Waals surface area contributed by atoms with Crippen LogP contribution in [0.5, 0.6) is 0 Å². The Labute approximate surface area is 124 Å². The maximum atomic E-state index is 11.1. The third-order valence-electron chi connectivity index (χ3n) is 3.16. The molecule has 0 heterocycles. The van der Waals surface area contributed by atoms with Crippen molar-refractivity contribution < 1.29 is 8.42 Å². The molecule has 0 aliphatic heterocycles. The van der Waals surface area contributed by atoms with Gasteiger partial charge in [-0.2, -0.15) is 5.26 Å². The van der Waals surface area contributed by atoms with E-state index in [9.17, 15) is 13.7 Å². The van der Waals surface area contributed by atoms with E-state index in [0.29, 0.717) is 6.54 Å². The summed E-state index contributed by atoms with van der Waals surface area (Å²) in [6.45, 7) is 7.43. The molecule has 0 saturated carbocycles. The molecular weight excluding hydrogens is 274 g/mol. The van der Waals surface area contributed by atoms with Gasteiger partial charge in [-0.05, 0) is 53.6 Å². The number of rotatable bonds is 10. The molecule has 5 nitrogen and oxygen atoms in total. The summed E-state index contributed by atoms with van der Waals surface area (Å²) in [4.78, 5) is 2.03. The van der Waals surface area contributed by atoms with Gasteiger partial charge in [-0.3, -0.25) is 5.32 Å². The predicted molar refractivity (Wildman–Crippen MR) is 83.3 cm³/mol. The van der Waals surface area contributed by atoms with Crippen molar-refractivity contribution in [1.29, 1.82) is 5.26 Å². The lowest BCUT2D eigenvalue weighted by Crippen LogP contribution is -2.44. The number of sulfone groups is 1. The molecule has 0 radical (unpaired) electrons. The summed E-state index contributed by atoms with van der Waals surface area (Å²) in [7, 11) is -0.954. The zero-order valence-electron chi connectivity index (χ0n) is 13.4. The first-order valence-corrected chi connectivity index (χ1v) is 9.19. The summed E-state index contributed by atoms with van der Waals surface area (Å²) in [5, 5.41) is 12.5. The minimum Gasteiger partial charge on any atom is -0.305 e. The van der Waals surface area contributed by atoms with E-state index in [1.807, 2.05) is 32.7 Å². The SMILES string of the molecule is CC(C)NC(C)(C#N)CCCCN(C)CCS(C)(=O)=O. The van der Waals surface area contributed by atoms with Crippen molar-refractivity contribution in [3.8, 4) is 6.07 Å². The molecule has 0 aliphatic carbocycles. The smallest absolute Gasteiger partial charge is 0.148 e. The Balaban J connectivity index is 3.93. The van der Waals surface area contributed by atoms with Crippen molar-refractivity contribution in [2.75, 3.05) is 32.1 Å². The minimum absolute atomic E-state index is 0.203. The highest BCUT2D eigenvalue weighted by Gasteiger charge is 2.23. The van der Waals surface area contributed by atoms with Gasteiger partial charge in [0.2, 0.25) is 0 Å². The molecule has 0 saturated heterocycles. The average molecular weight is 303 g/mol. The predicted octanol–water partition coefficient (Wildman–Crippen LogP) is 1.41. The van der Waals surface area contributed by atoms with E-state index in [-0.39, 0.29) is 11.8 Å². The number of unbranched alkanes of at least 4 members (excludes halogenated alkanes) is 1. The molecule has 0 rings (SSSR count). The van der Waals surface area contributed by atoms with Crippen molar-refractivity contribution in [2.45, 2.75) is 51.6 Å². The summed E-state index contributed by atoms with van der Waals surface area (Å²) >= 11 is 0. The second-order valence-electron chi connectivity index (χ2n) is 6.13. The highest BCUT2D eigenvalue weighted by molar-refractivity contribution is 7.90. The van der Waals surface area contributed by atoms with Crippen molar-refractivity contribution in [1.82, 2.24) is 10.2 Å². The zero-order chi connectivity index (χ0) is 15.8. The van der Waals surface area contributed by atoms with Crippen molar-refractivity contribution in [2.24, 2.45) is 0 Å². The number of hydrogen-bond acceptors (Lipinski definition) is 5. The van der Waals surface area contributed by atoms with Gasteiger partial charge in [0.15, 0.2) is 0 Å². The molecule has 0 aromatic rings. The summed E-state index contributed by atoms with van der Waals surface area (Å²) in [6.07, 6.45) is 3.99. The Morgan fingerprint density at radius 2 is 1.90 bits per heavy atom. The van der Waals surface area contributed by atoms with Crippen LogP contribution in [0.15, 0.2) is 0 Å². The highest BCUT2D eigenvalue weighted by Crippen LogP contribution is 2.14. The molecule has 0 fully saturated rings. The molecule has 118 valence electrons. The molecule has 0 aromatic carbocycles. The van der Waals surface area contributed by atoms with E-state index >= 15 is 0 Å². The van der Waals surface area contributed by atoms with E-state index in [2.05, 4.69) is 11.4 Å². The number of nitrogens with zero attached hydrogens (tertiary/aromatic N) is 2. The van der Waals surface area contributed by atoms with Crippen LogP contribution >= 0.6 is 0 Å². The lowest BCUT2D eigenvalue weighted by atomic mass is 9.95. The molecule has 0 aromatic heterocycles. The molecule has 20 heavy (non-hydrogen) atoms. The fourth-order valence-corrected chi connectivity index (χ4v) is 2.73. The van der Waals surface area contributed by atoms with Crippen LogP contribution in [0.1, 0.15) is 40.0 Å². The Hall–Kier alpha value is -0.640. The summed E-state index contributed by atoms with van der Waals surface area (Å²) < 4.78 is 22.1. The van der Waals surface area contributed by atoms with E-state index in [1.54, 1.807) is 0 Å². The van der Waals surface area contributed by atoms with Gasteiger partial charge in [-0.15, -0.1) is 0 Å². The molecule has 6 heteroatoms. The van der Waals surface area contributed by atoms with Gasteiger partial charge < -0.3 is 4.90 Å². The Morgan fingerprint density at radius 3 is 2.35 bits per heavy atom. The summed E-state index contributed by atoms with van der Waals surface area (Å²) in [6, 6.07) is 2.63. The first-order valence-electron chi connectivity index (χ1n) is 7.13. The largest absolute Gasteiger partial charge is 0.305 e. The second-order valence-corrected chi connectivity index (χ2v) is 8.39. The molecular formula is C14H29N3O2S.